The summed E-state index contributed by atoms with van der Waals surface area (Å²) in [5.74, 6) is 0.871. The lowest BCUT2D eigenvalue weighted by Gasteiger charge is -2.35. The summed E-state index contributed by atoms with van der Waals surface area (Å²) in [4.78, 5) is 9.11. The van der Waals surface area contributed by atoms with Crippen molar-refractivity contribution in [1.82, 2.24) is 15.3 Å². The van der Waals surface area contributed by atoms with Crippen molar-refractivity contribution in [3.8, 4) is 0 Å². The third kappa shape index (κ3) is 3.58. The van der Waals surface area contributed by atoms with Gasteiger partial charge in [-0.05, 0) is 37.8 Å². The Morgan fingerprint density at radius 2 is 2.04 bits per heavy atom. The largest absolute Gasteiger partial charge is 0.388 e. The van der Waals surface area contributed by atoms with Crippen molar-refractivity contribution in [1.29, 1.82) is 5.41 Å². The minimum absolute atomic E-state index is 0.506. The second-order valence-corrected chi connectivity index (χ2v) is 6.42. The highest BCUT2D eigenvalue weighted by molar-refractivity contribution is 6.20. The summed E-state index contributed by atoms with van der Waals surface area (Å²) in [5.41, 5.74) is 3.83. The number of rotatable bonds is 6. The Hall–Kier alpha value is -2.23. The molecule has 3 rings (SSSR count). The number of para-hydroxylation sites is 2. The van der Waals surface area contributed by atoms with Crippen LogP contribution in [0.25, 0.3) is 16.6 Å². The van der Waals surface area contributed by atoms with E-state index in [-0.39, 0.29) is 0 Å². The van der Waals surface area contributed by atoms with Gasteiger partial charge >= 0.3 is 0 Å². The lowest BCUT2D eigenvalue weighted by atomic mass is 9.78. The predicted octanol–water partition coefficient (Wildman–Crippen LogP) is 4.18. The van der Waals surface area contributed by atoms with Gasteiger partial charge in [0.25, 0.3) is 0 Å². The molecule has 1 aliphatic rings. The van der Waals surface area contributed by atoms with Gasteiger partial charge in [0.1, 0.15) is 0 Å². The van der Waals surface area contributed by atoms with E-state index in [0.29, 0.717) is 11.8 Å². The number of fused-ring (bicyclic) bond motifs is 1. The molecule has 2 N–H and O–H groups in total. The normalized spacial score (nSPS) is 21.0. The molecule has 0 bridgehead atoms. The molecule has 120 valence electrons. The molecule has 0 atom stereocenters. The SMILES string of the molecule is CCCC1CC(N/C=C(\C(C)=N)c2cnc3ccccc3n2)C1. The molecule has 2 aromatic rings. The molecule has 0 aliphatic heterocycles. The summed E-state index contributed by atoms with van der Waals surface area (Å²) in [7, 11) is 0. The van der Waals surface area contributed by atoms with Gasteiger partial charge in [-0.25, -0.2) is 4.98 Å². The van der Waals surface area contributed by atoms with E-state index in [9.17, 15) is 0 Å². The quantitative estimate of drug-likeness (QED) is 0.787. The van der Waals surface area contributed by atoms with Gasteiger partial charge in [-0.15, -0.1) is 0 Å². The van der Waals surface area contributed by atoms with Crippen LogP contribution in [0.15, 0.2) is 36.7 Å². The highest BCUT2D eigenvalue weighted by atomic mass is 14.9. The number of benzene rings is 1. The Labute approximate surface area is 137 Å². The Morgan fingerprint density at radius 3 is 2.74 bits per heavy atom. The van der Waals surface area contributed by atoms with Crippen molar-refractivity contribution in [3.63, 3.8) is 0 Å². The van der Waals surface area contributed by atoms with Crippen LogP contribution in [0, 0.1) is 11.3 Å². The van der Waals surface area contributed by atoms with Gasteiger partial charge in [0.05, 0.1) is 22.9 Å². The lowest BCUT2D eigenvalue weighted by molar-refractivity contribution is 0.225. The minimum Gasteiger partial charge on any atom is -0.388 e. The molecule has 1 aromatic carbocycles. The van der Waals surface area contributed by atoms with Crippen molar-refractivity contribution in [2.24, 2.45) is 5.92 Å². The highest BCUT2D eigenvalue weighted by Crippen LogP contribution is 2.31. The predicted molar refractivity (Wildman–Crippen MR) is 95.5 cm³/mol. The molecule has 0 saturated heterocycles. The second-order valence-electron chi connectivity index (χ2n) is 6.42. The minimum atomic E-state index is 0.506. The first-order valence-electron chi connectivity index (χ1n) is 8.41. The molecular formula is C19H24N4. The van der Waals surface area contributed by atoms with Crippen molar-refractivity contribution < 1.29 is 0 Å². The van der Waals surface area contributed by atoms with E-state index in [1.54, 1.807) is 13.1 Å². The van der Waals surface area contributed by atoms with Crippen molar-refractivity contribution in [2.45, 2.75) is 45.6 Å². The maximum atomic E-state index is 8.05. The number of hydrogen-bond acceptors (Lipinski definition) is 4. The second kappa shape index (κ2) is 6.90. The molecule has 23 heavy (non-hydrogen) atoms. The smallest absolute Gasteiger partial charge is 0.0925 e. The van der Waals surface area contributed by atoms with Gasteiger partial charge in [-0.3, -0.25) is 4.98 Å². The van der Waals surface area contributed by atoms with E-state index in [0.717, 1.165) is 28.2 Å². The third-order valence-corrected chi connectivity index (χ3v) is 4.52. The van der Waals surface area contributed by atoms with E-state index in [4.69, 9.17) is 5.41 Å². The Morgan fingerprint density at radius 1 is 1.30 bits per heavy atom. The molecule has 4 heteroatoms. The van der Waals surface area contributed by atoms with Crippen LogP contribution >= 0.6 is 0 Å². The molecule has 0 radical (unpaired) electrons. The zero-order chi connectivity index (χ0) is 16.2. The molecule has 4 nitrogen and oxygen atoms in total. The van der Waals surface area contributed by atoms with Gasteiger partial charge in [-0.1, -0.05) is 31.9 Å². The van der Waals surface area contributed by atoms with Gasteiger partial charge in [0.15, 0.2) is 0 Å². The van der Waals surface area contributed by atoms with Crippen molar-refractivity contribution >= 4 is 22.3 Å². The van der Waals surface area contributed by atoms with Crippen LogP contribution in [-0.4, -0.2) is 21.7 Å². The van der Waals surface area contributed by atoms with Crippen LogP contribution in [0.5, 0.6) is 0 Å². The average Bonchev–Trinajstić information content (AvgIpc) is 2.52. The standard InChI is InChI=1S/C19H24N4/c1-3-6-14-9-15(10-14)21-11-16(13(2)20)19-12-22-17-7-4-5-8-18(17)23-19/h4-5,7-8,11-12,14-15,20-21H,3,6,9-10H2,1-2H3/b16-11+,20-13?. The number of hydrogen-bond donors (Lipinski definition) is 2. The molecule has 0 amide bonds. The Bertz CT molecular complexity index is 729. The van der Waals surface area contributed by atoms with E-state index < -0.39 is 0 Å². The number of aromatic nitrogens is 2. The van der Waals surface area contributed by atoms with E-state index in [1.807, 2.05) is 30.5 Å². The molecule has 1 aromatic heterocycles. The number of nitrogens with one attached hydrogen (secondary N) is 2. The number of allylic oxidation sites excluding steroid dienone is 1. The Kier molecular flexibility index (Phi) is 4.70. The third-order valence-electron chi connectivity index (χ3n) is 4.52. The summed E-state index contributed by atoms with van der Waals surface area (Å²) < 4.78 is 0. The molecule has 1 aliphatic carbocycles. The molecule has 1 fully saturated rings. The monoisotopic (exact) mass is 308 g/mol. The van der Waals surface area contributed by atoms with Crippen LogP contribution in [0.1, 0.15) is 45.2 Å². The van der Waals surface area contributed by atoms with Crippen LogP contribution < -0.4 is 5.32 Å². The maximum Gasteiger partial charge on any atom is 0.0925 e. The van der Waals surface area contributed by atoms with Crippen molar-refractivity contribution in [2.75, 3.05) is 0 Å². The van der Waals surface area contributed by atoms with Crippen LogP contribution in [0.3, 0.4) is 0 Å². The van der Waals surface area contributed by atoms with E-state index in [1.165, 1.54) is 25.7 Å². The molecular weight excluding hydrogens is 284 g/mol. The van der Waals surface area contributed by atoms with Crippen LogP contribution in [0.4, 0.5) is 0 Å². The molecule has 0 unspecified atom stereocenters. The fourth-order valence-electron chi connectivity index (χ4n) is 3.18. The lowest BCUT2D eigenvalue weighted by Crippen LogP contribution is -2.38. The fourth-order valence-corrected chi connectivity index (χ4v) is 3.18. The van der Waals surface area contributed by atoms with Gasteiger partial charge < -0.3 is 10.7 Å². The molecule has 0 spiro atoms. The summed E-state index contributed by atoms with van der Waals surface area (Å²) >= 11 is 0. The summed E-state index contributed by atoms with van der Waals surface area (Å²) in [6.07, 6.45) is 8.78. The van der Waals surface area contributed by atoms with E-state index >= 15 is 0 Å². The zero-order valence-electron chi connectivity index (χ0n) is 13.8. The fraction of sp³-hybridized carbons (Fsp3) is 0.421. The summed E-state index contributed by atoms with van der Waals surface area (Å²) in [6.45, 7) is 4.04. The molecule has 1 heterocycles. The van der Waals surface area contributed by atoms with Gasteiger partial charge in [0, 0.05) is 23.5 Å². The highest BCUT2D eigenvalue weighted by Gasteiger charge is 2.27. The van der Waals surface area contributed by atoms with Crippen LogP contribution in [0.2, 0.25) is 0 Å². The van der Waals surface area contributed by atoms with E-state index in [2.05, 4.69) is 22.2 Å². The van der Waals surface area contributed by atoms with Crippen molar-refractivity contribution in [3.05, 3.63) is 42.4 Å². The topological polar surface area (TPSA) is 61.7 Å². The summed E-state index contributed by atoms with van der Waals surface area (Å²) in [5, 5.41) is 11.5. The average molecular weight is 308 g/mol. The Balaban J connectivity index is 1.75. The summed E-state index contributed by atoms with van der Waals surface area (Å²) in [6, 6.07) is 8.36. The first-order chi connectivity index (χ1) is 11.2. The molecule has 1 saturated carbocycles. The first kappa shape index (κ1) is 15.7. The van der Waals surface area contributed by atoms with Gasteiger partial charge in [0.2, 0.25) is 0 Å². The zero-order valence-corrected chi connectivity index (χ0v) is 13.8. The van der Waals surface area contributed by atoms with Crippen LogP contribution in [-0.2, 0) is 0 Å². The maximum absolute atomic E-state index is 8.05. The number of nitrogens with zero attached hydrogens (tertiary/aromatic N) is 2. The first-order valence-corrected chi connectivity index (χ1v) is 8.41. The van der Waals surface area contributed by atoms with Gasteiger partial charge in [-0.2, -0.15) is 0 Å².